The fourth-order valence-electron chi connectivity index (χ4n) is 7.75. The number of hydrogen-bond acceptors (Lipinski definition) is 9. The summed E-state index contributed by atoms with van der Waals surface area (Å²) >= 11 is 0. The Labute approximate surface area is 307 Å². The van der Waals surface area contributed by atoms with E-state index in [1.165, 1.54) is 15.9 Å². The van der Waals surface area contributed by atoms with E-state index < -0.39 is 65.2 Å². The van der Waals surface area contributed by atoms with Crippen LogP contribution in [0.3, 0.4) is 0 Å². The average Bonchev–Trinajstić information content (AvgIpc) is 3.36. The molecule has 0 bridgehead atoms. The SMILES string of the molecule is C=CCNC(=O)C(=O)[C@@H]1CCCCCCCO[C@@H](C)[C@H](NC(=O)N[C@H](CN2C(=O)CN(C)CC2=O)C(C)(C)C)C(=O)N2C[C@H]3[C@@H]([C@H]2C(=O)N1)C3(C)C. The van der Waals surface area contributed by atoms with Crippen molar-refractivity contribution in [3.8, 4) is 0 Å². The Morgan fingerprint density at radius 1 is 1.04 bits per heavy atom. The first-order valence-corrected chi connectivity index (χ1v) is 18.6. The molecule has 52 heavy (non-hydrogen) atoms. The molecule has 4 rings (SSSR count). The Balaban J connectivity index is 1.58. The Morgan fingerprint density at radius 2 is 1.67 bits per heavy atom. The highest BCUT2D eigenvalue weighted by molar-refractivity contribution is 6.38. The lowest BCUT2D eigenvalue weighted by Crippen LogP contribution is -2.63. The number of carbonyl (C=O) groups excluding carboxylic acids is 7. The van der Waals surface area contributed by atoms with Crippen LogP contribution in [-0.4, -0.2) is 133 Å². The molecule has 15 heteroatoms. The monoisotopic (exact) mass is 729 g/mol. The van der Waals surface area contributed by atoms with Crippen molar-refractivity contribution in [3.63, 3.8) is 0 Å². The van der Waals surface area contributed by atoms with Crippen molar-refractivity contribution >= 4 is 41.4 Å². The van der Waals surface area contributed by atoms with Crippen molar-refractivity contribution in [1.29, 1.82) is 0 Å². The predicted molar refractivity (Wildman–Crippen MR) is 192 cm³/mol. The molecule has 4 N–H and O–H groups in total. The summed E-state index contributed by atoms with van der Waals surface area (Å²) in [6.07, 6.45) is 4.78. The maximum absolute atomic E-state index is 14.5. The zero-order valence-electron chi connectivity index (χ0n) is 31.9. The number of hydrogen-bond donors (Lipinski definition) is 4. The van der Waals surface area contributed by atoms with E-state index in [2.05, 4.69) is 27.8 Å². The van der Waals surface area contributed by atoms with Gasteiger partial charge in [-0.2, -0.15) is 0 Å². The quantitative estimate of drug-likeness (QED) is 0.161. The van der Waals surface area contributed by atoms with Gasteiger partial charge in [0.2, 0.25) is 29.4 Å². The van der Waals surface area contributed by atoms with E-state index in [0.717, 1.165) is 19.3 Å². The van der Waals surface area contributed by atoms with Crippen LogP contribution in [0.5, 0.6) is 0 Å². The van der Waals surface area contributed by atoms with E-state index in [4.69, 9.17) is 4.74 Å². The molecule has 15 nitrogen and oxygen atoms in total. The minimum Gasteiger partial charge on any atom is -0.376 e. The number of ether oxygens (including phenoxy) is 1. The van der Waals surface area contributed by atoms with E-state index in [9.17, 15) is 33.6 Å². The molecule has 1 aliphatic carbocycles. The lowest BCUT2D eigenvalue weighted by Gasteiger charge is -2.38. The highest BCUT2D eigenvalue weighted by atomic mass is 16.5. The van der Waals surface area contributed by atoms with Gasteiger partial charge in [-0.3, -0.25) is 38.6 Å². The van der Waals surface area contributed by atoms with Crippen LogP contribution >= 0.6 is 0 Å². The first-order chi connectivity index (χ1) is 24.4. The molecule has 3 aliphatic heterocycles. The van der Waals surface area contributed by atoms with Crippen LogP contribution in [0.15, 0.2) is 12.7 Å². The van der Waals surface area contributed by atoms with E-state index in [1.54, 1.807) is 18.9 Å². The highest BCUT2D eigenvalue weighted by Gasteiger charge is 2.69. The summed E-state index contributed by atoms with van der Waals surface area (Å²) in [7, 11) is 1.69. The number of fused-ring (bicyclic) bond motifs is 3. The molecule has 4 aliphatic rings. The number of amides is 7. The molecule has 1 saturated carbocycles. The first kappa shape index (κ1) is 40.9. The summed E-state index contributed by atoms with van der Waals surface area (Å²) in [5.74, 6) is -3.44. The number of piperidine rings is 1. The van der Waals surface area contributed by atoms with Crippen molar-refractivity contribution in [3.05, 3.63) is 12.7 Å². The van der Waals surface area contributed by atoms with Gasteiger partial charge in [-0.05, 0) is 49.5 Å². The Kier molecular flexibility index (Phi) is 13.3. The number of urea groups is 1. The fraction of sp³-hybridized carbons (Fsp3) is 0.757. The van der Waals surface area contributed by atoms with Gasteiger partial charge in [-0.1, -0.05) is 66.4 Å². The number of carbonyl (C=O) groups is 7. The molecule has 3 saturated heterocycles. The topological polar surface area (TPSA) is 187 Å². The molecule has 0 radical (unpaired) electrons. The molecule has 0 aromatic carbocycles. The van der Waals surface area contributed by atoms with Crippen LogP contribution < -0.4 is 21.3 Å². The number of nitrogens with one attached hydrogen (secondary N) is 4. The van der Waals surface area contributed by atoms with Gasteiger partial charge >= 0.3 is 6.03 Å². The Hall–Kier alpha value is -3.85. The van der Waals surface area contributed by atoms with E-state index in [0.29, 0.717) is 19.4 Å². The zero-order chi connectivity index (χ0) is 38.5. The first-order valence-electron chi connectivity index (χ1n) is 18.6. The molecule has 7 amide bonds. The second-order valence-electron chi connectivity index (χ2n) is 16.5. The van der Waals surface area contributed by atoms with Gasteiger partial charge in [-0.15, -0.1) is 6.58 Å². The highest BCUT2D eigenvalue weighted by Crippen LogP contribution is 2.65. The van der Waals surface area contributed by atoms with Crippen LogP contribution in [0.2, 0.25) is 0 Å². The Bertz CT molecular complexity index is 1390. The van der Waals surface area contributed by atoms with E-state index >= 15 is 0 Å². The lowest BCUT2D eigenvalue weighted by molar-refractivity contribution is -0.151. The standard InChI is InChI=1S/C37H59N7O8/c1-9-16-38-33(49)31(47)24-15-13-11-10-12-14-17-52-22(2)29(34(50)44-18-23-28(37(23,6)7)30(44)32(48)39-24)41-35(51)40-25(36(3,4)5)19-43-26(45)20-42(8)21-27(43)46/h9,22-25,28-30H,1,10-21H2,2-8H3,(H,38,49)(H,39,48)(H2,40,41,51)/t22-,23-,24-,25+,28-,29-,30-/m0/s1. The van der Waals surface area contributed by atoms with Crippen LogP contribution in [0.4, 0.5) is 4.79 Å². The summed E-state index contributed by atoms with van der Waals surface area (Å²) < 4.78 is 6.13. The minimum atomic E-state index is -1.18. The maximum Gasteiger partial charge on any atom is 0.315 e. The normalized spacial score (nSPS) is 29.7. The fourth-order valence-corrected chi connectivity index (χ4v) is 7.75. The maximum atomic E-state index is 14.5. The zero-order valence-corrected chi connectivity index (χ0v) is 31.9. The third-order valence-electron chi connectivity index (χ3n) is 11.2. The lowest BCUT2D eigenvalue weighted by atomic mass is 9.86. The molecule has 7 atom stereocenters. The number of likely N-dealkylation sites (N-methyl/N-ethyl adjacent to an activating group) is 1. The minimum absolute atomic E-state index is 0.0222. The van der Waals surface area contributed by atoms with Crippen molar-refractivity contribution in [1.82, 2.24) is 36.0 Å². The van der Waals surface area contributed by atoms with Gasteiger partial charge in [0.15, 0.2) is 0 Å². The van der Waals surface area contributed by atoms with Gasteiger partial charge in [-0.25, -0.2) is 4.79 Å². The molecule has 290 valence electrons. The van der Waals surface area contributed by atoms with Crippen LogP contribution in [-0.2, 0) is 33.5 Å². The van der Waals surface area contributed by atoms with Gasteiger partial charge in [0.1, 0.15) is 12.1 Å². The summed E-state index contributed by atoms with van der Waals surface area (Å²) in [6, 6.07) is -4.50. The van der Waals surface area contributed by atoms with Gasteiger partial charge in [0, 0.05) is 26.2 Å². The molecule has 0 unspecified atom stereocenters. The number of ketones is 1. The summed E-state index contributed by atoms with van der Waals surface area (Å²) in [5, 5.41) is 11.1. The number of Topliss-reactive ketones (excluding diaryl/α,β-unsaturated/α-hetero) is 1. The van der Waals surface area contributed by atoms with Gasteiger partial charge in [0.25, 0.3) is 5.91 Å². The van der Waals surface area contributed by atoms with Gasteiger partial charge in [0.05, 0.1) is 31.3 Å². The molecular formula is C37H59N7O8. The molecular weight excluding hydrogens is 670 g/mol. The molecule has 0 spiro atoms. The third kappa shape index (κ3) is 9.57. The van der Waals surface area contributed by atoms with Gasteiger partial charge < -0.3 is 30.9 Å². The van der Waals surface area contributed by atoms with E-state index in [-0.39, 0.29) is 68.2 Å². The third-order valence-corrected chi connectivity index (χ3v) is 11.2. The molecule has 3 heterocycles. The number of piperazine rings is 1. The number of imide groups is 1. The average molecular weight is 730 g/mol. The van der Waals surface area contributed by atoms with Crippen LogP contribution in [0.25, 0.3) is 0 Å². The van der Waals surface area contributed by atoms with Crippen molar-refractivity contribution in [2.45, 2.75) is 110 Å². The predicted octanol–water partition coefficient (Wildman–Crippen LogP) is 0.968. The van der Waals surface area contributed by atoms with Crippen molar-refractivity contribution in [2.75, 3.05) is 46.4 Å². The largest absolute Gasteiger partial charge is 0.376 e. The summed E-state index contributed by atoms with van der Waals surface area (Å²) in [4.78, 5) is 98.2. The van der Waals surface area contributed by atoms with E-state index in [1.807, 2.05) is 34.6 Å². The molecule has 0 aromatic heterocycles. The summed E-state index contributed by atoms with van der Waals surface area (Å²) in [5.41, 5.74) is -0.809. The smallest absolute Gasteiger partial charge is 0.315 e. The van der Waals surface area contributed by atoms with Crippen molar-refractivity contribution in [2.24, 2.45) is 22.7 Å². The Morgan fingerprint density at radius 3 is 2.31 bits per heavy atom. The number of nitrogens with zero attached hydrogens (tertiary/aromatic N) is 3. The number of rotatable bonds is 8. The summed E-state index contributed by atoms with van der Waals surface area (Å²) in [6.45, 7) is 15.9. The second kappa shape index (κ2) is 16.9. The van der Waals surface area contributed by atoms with Crippen molar-refractivity contribution < 1.29 is 38.3 Å². The molecule has 0 aromatic rings. The van der Waals surface area contributed by atoms with Crippen LogP contribution in [0, 0.1) is 22.7 Å². The second-order valence-corrected chi connectivity index (χ2v) is 16.5. The molecule has 4 fully saturated rings. The van der Waals surface area contributed by atoms with Crippen LogP contribution in [0.1, 0.15) is 80.1 Å².